The number of carbonyl (C=O) groups is 2. The summed E-state index contributed by atoms with van der Waals surface area (Å²) in [6.45, 7) is 3.22. The van der Waals surface area contributed by atoms with Crippen LogP contribution >= 0.6 is 0 Å². The molecule has 0 saturated carbocycles. The zero-order chi connectivity index (χ0) is 31.0. The first kappa shape index (κ1) is 30.0. The molecule has 2 amide bonds. The second kappa shape index (κ2) is 11.1. The number of anilines is 4. The largest absolute Gasteiger partial charge is 0.418 e. The predicted molar refractivity (Wildman–Crippen MR) is 149 cm³/mol. The lowest BCUT2D eigenvalue weighted by molar-refractivity contribution is -0.137. The van der Waals surface area contributed by atoms with E-state index in [1.165, 1.54) is 55.5 Å². The molecule has 0 aliphatic rings. The van der Waals surface area contributed by atoms with Gasteiger partial charge in [-0.2, -0.15) is 26.3 Å². The molecule has 6 nitrogen and oxygen atoms in total. The zero-order valence-electron chi connectivity index (χ0n) is 22.2. The van der Waals surface area contributed by atoms with E-state index in [2.05, 4.69) is 10.6 Å². The van der Waals surface area contributed by atoms with Crippen LogP contribution in [0.25, 0.3) is 11.1 Å². The van der Waals surface area contributed by atoms with Crippen molar-refractivity contribution in [2.75, 3.05) is 22.1 Å². The minimum absolute atomic E-state index is 0.0752. The first-order valence-corrected chi connectivity index (χ1v) is 12.3. The van der Waals surface area contributed by atoms with Gasteiger partial charge in [0.1, 0.15) is 0 Å². The fraction of sp³-hybridized carbons (Fsp3) is 0.133. The first-order valence-electron chi connectivity index (χ1n) is 12.3. The zero-order valence-corrected chi connectivity index (χ0v) is 22.2. The molecule has 0 atom stereocenters. The van der Waals surface area contributed by atoms with Gasteiger partial charge in [0.05, 0.1) is 11.1 Å². The maximum atomic E-state index is 14.1. The van der Waals surface area contributed by atoms with Crippen molar-refractivity contribution in [1.82, 2.24) is 0 Å². The van der Waals surface area contributed by atoms with Gasteiger partial charge >= 0.3 is 12.4 Å². The molecular formula is C30H24F6N4O2. The lowest BCUT2D eigenvalue weighted by atomic mass is 9.94. The van der Waals surface area contributed by atoms with Crippen LogP contribution in [0.5, 0.6) is 0 Å². The van der Waals surface area contributed by atoms with Crippen LogP contribution in [-0.4, -0.2) is 11.8 Å². The van der Waals surface area contributed by atoms with Crippen molar-refractivity contribution in [2.45, 2.75) is 26.2 Å². The summed E-state index contributed by atoms with van der Waals surface area (Å²) >= 11 is 0. The Kier molecular flexibility index (Phi) is 7.93. The molecular weight excluding hydrogens is 562 g/mol. The second-order valence-corrected chi connectivity index (χ2v) is 9.57. The minimum atomic E-state index is -4.78. The Labute approximate surface area is 236 Å². The summed E-state index contributed by atoms with van der Waals surface area (Å²) in [7, 11) is 0. The summed E-state index contributed by atoms with van der Waals surface area (Å²) in [6.07, 6.45) is -9.54. The molecule has 218 valence electrons. The number of hydrogen-bond donors (Lipinski definition) is 4. The highest BCUT2D eigenvalue weighted by molar-refractivity contribution is 6.05. The average molecular weight is 587 g/mol. The van der Waals surface area contributed by atoms with Crippen molar-refractivity contribution >= 4 is 34.6 Å². The third-order valence-electron chi connectivity index (χ3n) is 6.51. The van der Waals surface area contributed by atoms with Crippen LogP contribution in [0, 0.1) is 13.8 Å². The van der Waals surface area contributed by atoms with Crippen molar-refractivity contribution in [1.29, 1.82) is 0 Å². The molecule has 0 unspecified atom stereocenters. The highest BCUT2D eigenvalue weighted by Gasteiger charge is 2.35. The maximum absolute atomic E-state index is 14.1. The molecule has 0 saturated heterocycles. The normalized spacial score (nSPS) is 11.7. The molecule has 0 aliphatic carbocycles. The van der Waals surface area contributed by atoms with Crippen molar-refractivity contribution in [2.24, 2.45) is 0 Å². The van der Waals surface area contributed by atoms with E-state index < -0.39 is 41.0 Å². The third kappa shape index (κ3) is 6.48. The summed E-state index contributed by atoms with van der Waals surface area (Å²) < 4.78 is 81.9. The topological polar surface area (TPSA) is 110 Å². The molecule has 0 bridgehead atoms. The smallest absolute Gasteiger partial charge is 0.399 e. The number of nitrogen functional groups attached to an aromatic ring is 2. The highest BCUT2D eigenvalue weighted by atomic mass is 19.4. The summed E-state index contributed by atoms with van der Waals surface area (Å²) in [4.78, 5) is 25.2. The van der Waals surface area contributed by atoms with Gasteiger partial charge in [-0.1, -0.05) is 12.1 Å². The molecule has 0 fully saturated rings. The van der Waals surface area contributed by atoms with Gasteiger partial charge in [0, 0.05) is 33.9 Å². The second-order valence-electron chi connectivity index (χ2n) is 9.57. The van der Waals surface area contributed by atoms with Crippen LogP contribution in [0.1, 0.15) is 43.0 Å². The van der Waals surface area contributed by atoms with Gasteiger partial charge in [-0.05, 0) is 96.8 Å². The van der Waals surface area contributed by atoms with Crippen molar-refractivity contribution in [3.63, 3.8) is 0 Å². The van der Waals surface area contributed by atoms with E-state index in [1.54, 1.807) is 6.92 Å². The molecule has 0 aliphatic heterocycles. The van der Waals surface area contributed by atoms with Gasteiger partial charge in [-0.3, -0.25) is 9.59 Å². The van der Waals surface area contributed by atoms with Crippen molar-refractivity contribution < 1.29 is 35.9 Å². The van der Waals surface area contributed by atoms with Crippen molar-refractivity contribution in [3.05, 3.63) is 106 Å². The summed E-state index contributed by atoms with van der Waals surface area (Å²) in [5.74, 6) is -1.47. The number of aryl methyl sites for hydroxylation is 2. The van der Waals surface area contributed by atoms with E-state index in [9.17, 15) is 35.9 Å². The van der Waals surface area contributed by atoms with E-state index in [0.29, 0.717) is 22.9 Å². The van der Waals surface area contributed by atoms with E-state index in [4.69, 9.17) is 11.5 Å². The van der Waals surface area contributed by atoms with Gasteiger partial charge in [0.25, 0.3) is 11.8 Å². The minimum Gasteiger partial charge on any atom is -0.399 e. The molecule has 0 aromatic heterocycles. The van der Waals surface area contributed by atoms with Crippen molar-refractivity contribution in [3.8, 4) is 11.1 Å². The number of halogens is 6. The van der Waals surface area contributed by atoms with Crippen LogP contribution in [0.2, 0.25) is 0 Å². The molecule has 4 aromatic carbocycles. The van der Waals surface area contributed by atoms with Crippen LogP contribution < -0.4 is 22.1 Å². The fourth-order valence-corrected chi connectivity index (χ4v) is 4.30. The number of rotatable bonds is 5. The van der Waals surface area contributed by atoms with Crippen LogP contribution in [-0.2, 0) is 12.4 Å². The first-order chi connectivity index (χ1) is 19.5. The van der Waals surface area contributed by atoms with Crippen LogP contribution in [0.15, 0.2) is 72.8 Å². The Bertz CT molecular complexity index is 1700. The lowest BCUT2D eigenvalue weighted by Gasteiger charge is -2.18. The molecule has 0 spiro atoms. The molecule has 42 heavy (non-hydrogen) atoms. The number of nitrogens with two attached hydrogens (primary N) is 2. The van der Waals surface area contributed by atoms with Gasteiger partial charge in [-0.25, -0.2) is 0 Å². The quantitative estimate of drug-likeness (QED) is 0.142. The van der Waals surface area contributed by atoms with Gasteiger partial charge in [0.15, 0.2) is 0 Å². The molecule has 4 rings (SSSR count). The van der Waals surface area contributed by atoms with Crippen LogP contribution in [0.3, 0.4) is 0 Å². The molecule has 4 aromatic rings. The molecule has 0 radical (unpaired) electrons. The number of carbonyl (C=O) groups excluding carboxylic acids is 2. The number of benzene rings is 4. The van der Waals surface area contributed by atoms with E-state index in [0.717, 1.165) is 18.2 Å². The predicted octanol–water partition coefficient (Wildman–Crippen LogP) is 7.68. The van der Waals surface area contributed by atoms with Gasteiger partial charge in [0.2, 0.25) is 0 Å². The lowest BCUT2D eigenvalue weighted by Crippen LogP contribution is -2.15. The third-order valence-corrected chi connectivity index (χ3v) is 6.51. The van der Waals surface area contributed by atoms with E-state index in [-0.39, 0.29) is 33.6 Å². The summed E-state index contributed by atoms with van der Waals surface area (Å²) in [5.41, 5.74) is 9.91. The monoisotopic (exact) mass is 586 g/mol. The van der Waals surface area contributed by atoms with Gasteiger partial charge in [-0.15, -0.1) is 0 Å². The Morgan fingerprint density at radius 1 is 0.571 bits per heavy atom. The summed E-state index contributed by atoms with van der Waals surface area (Å²) in [5, 5.41) is 4.92. The molecule has 12 heteroatoms. The SMILES string of the molecule is Cc1cc(C(=O)Nc2ccc(-c3ccc(NC(=O)c4ccc(N)c(C(F)(F)F)c4)cc3C)c(C(F)(F)F)c2)ccc1N. The number of nitrogens with one attached hydrogen (secondary N) is 2. The Hall–Kier alpha value is -5.00. The van der Waals surface area contributed by atoms with Crippen LogP contribution in [0.4, 0.5) is 49.1 Å². The number of alkyl halides is 6. The standard InChI is InChI=1S/C30H24F6N4O2/c1-15-12-19(39-28(42)18-4-10-26(38)24(13-18)30(34,35)36)5-7-21(15)22-8-6-20(14-23(22)29(31,32)33)40-27(41)17-3-9-25(37)16(2)11-17/h3-14H,37-38H2,1-2H3,(H,39,42)(H,40,41). The average Bonchev–Trinajstić information content (AvgIpc) is 2.89. The maximum Gasteiger partial charge on any atom is 0.418 e. The Balaban J connectivity index is 1.60. The van der Waals surface area contributed by atoms with Gasteiger partial charge < -0.3 is 22.1 Å². The molecule has 6 N–H and O–H groups in total. The molecule has 0 heterocycles. The fourth-order valence-electron chi connectivity index (χ4n) is 4.30. The number of amides is 2. The van der Waals surface area contributed by atoms with E-state index in [1.807, 2.05) is 0 Å². The highest BCUT2D eigenvalue weighted by Crippen LogP contribution is 2.40. The Morgan fingerprint density at radius 2 is 1.07 bits per heavy atom. The number of hydrogen-bond acceptors (Lipinski definition) is 4. The van der Waals surface area contributed by atoms with E-state index >= 15 is 0 Å². The summed E-state index contributed by atoms with van der Waals surface area (Å²) in [6, 6.07) is 14.7. The Morgan fingerprint density at radius 3 is 1.60 bits per heavy atom.